The fourth-order valence-corrected chi connectivity index (χ4v) is 6.29. The third kappa shape index (κ3) is 7.99. The van der Waals surface area contributed by atoms with E-state index in [4.69, 9.17) is 9.47 Å². The number of ether oxygens (including phenoxy) is 2. The van der Waals surface area contributed by atoms with Crippen molar-refractivity contribution in [3.8, 4) is 28.4 Å². The largest absolute Gasteiger partial charge is 0.508 e. The summed E-state index contributed by atoms with van der Waals surface area (Å²) in [6.07, 6.45) is 4.30. The minimum Gasteiger partial charge on any atom is -0.508 e. The molecule has 1 N–H and O–H groups in total. The fourth-order valence-electron chi connectivity index (χ4n) is 6.29. The lowest BCUT2D eigenvalue weighted by Crippen LogP contribution is -2.38. The first kappa shape index (κ1) is 32.0. The van der Waals surface area contributed by atoms with E-state index in [1.165, 1.54) is 24.1 Å². The second-order valence-electron chi connectivity index (χ2n) is 13.0. The van der Waals surface area contributed by atoms with Crippen molar-refractivity contribution in [2.45, 2.75) is 46.1 Å². The van der Waals surface area contributed by atoms with E-state index < -0.39 is 0 Å². The average Bonchev–Trinajstić information content (AvgIpc) is 3.38. The second-order valence-corrected chi connectivity index (χ2v) is 13.0. The minimum atomic E-state index is -0.00456. The maximum atomic E-state index is 14.0. The van der Waals surface area contributed by atoms with Crippen LogP contribution in [0, 0.1) is 11.3 Å². The molecule has 0 heterocycles. The van der Waals surface area contributed by atoms with Gasteiger partial charge in [0, 0.05) is 56.5 Å². The number of anilines is 1. The molecule has 5 rings (SSSR count). The van der Waals surface area contributed by atoms with Crippen molar-refractivity contribution in [2.24, 2.45) is 11.3 Å². The topological polar surface area (TPSA) is 62.2 Å². The van der Waals surface area contributed by atoms with E-state index in [0.717, 1.165) is 35.3 Å². The zero-order valence-electron chi connectivity index (χ0n) is 27.3. The molecule has 0 aliphatic heterocycles. The van der Waals surface area contributed by atoms with Crippen LogP contribution in [0.25, 0.3) is 11.1 Å². The second kappa shape index (κ2) is 14.1. The molecular formula is C39H46N2O4. The number of carbonyl (C=O) groups is 1. The van der Waals surface area contributed by atoms with E-state index in [1.54, 1.807) is 19.2 Å². The van der Waals surface area contributed by atoms with Crippen LogP contribution >= 0.6 is 0 Å². The van der Waals surface area contributed by atoms with Gasteiger partial charge in [-0.3, -0.25) is 4.79 Å². The molecule has 0 aromatic heterocycles. The summed E-state index contributed by atoms with van der Waals surface area (Å²) in [6, 6.07) is 29.6. The van der Waals surface area contributed by atoms with Gasteiger partial charge in [0.15, 0.2) is 0 Å². The molecule has 1 atom stereocenters. The highest BCUT2D eigenvalue weighted by Gasteiger charge is 2.36. The van der Waals surface area contributed by atoms with Crippen LogP contribution in [0.4, 0.5) is 5.69 Å². The molecule has 45 heavy (non-hydrogen) atoms. The van der Waals surface area contributed by atoms with Crippen LogP contribution in [0.5, 0.6) is 17.2 Å². The standard InChI is InChI=1S/C39H46N2O4/c1-39(2)22-7-9-33(39)27-41(26-32-17-20-35(42)25-37(32)44-5)38(43)30-15-13-29(14-16-30)31-8-6-10-36(24-31)45-23-21-28-11-18-34(19-12-28)40(3)4/h6,8,10-20,24-25,33,42H,7,9,21-23,26-27H2,1-5H3. The Hall–Kier alpha value is -4.45. The summed E-state index contributed by atoms with van der Waals surface area (Å²) in [4.78, 5) is 18.1. The van der Waals surface area contributed by atoms with Crippen LogP contribution in [0.2, 0.25) is 0 Å². The van der Waals surface area contributed by atoms with Crippen LogP contribution in [0.15, 0.2) is 91.0 Å². The predicted molar refractivity (Wildman–Crippen MR) is 182 cm³/mol. The SMILES string of the molecule is COc1cc(O)ccc1CN(CC1CCCC1(C)C)C(=O)c1ccc(-c2cccc(OCCc3ccc(N(C)C)cc3)c2)cc1. The number of amides is 1. The molecule has 1 unspecified atom stereocenters. The van der Waals surface area contributed by atoms with Gasteiger partial charge in [-0.15, -0.1) is 0 Å². The maximum absolute atomic E-state index is 14.0. The number of benzene rings is 4. The number of nitrogens with zero attached hydrogens (tertiary/aromatic N) is 2. The molecule has 236 valence electrons. The van der Waals surface area contributed by atoms with Crippen molar-refractivity contribution >= 4 is 11.6 Å². The molecule has 6 heteroatoms. The highest BCUT2D eigenvalue weighted by molar-refractivity contribution is 5.94. The Kier molecular flexibility index (Phi) is 10.0. The van der Waals surface area contributed by atoms with E-state index in [9.17, 15) is 9.90 Å². The molecule has 1 saturated carbocycles. The predicted octanol–water partition coefficient (Wildman–Crippen LogP) is 8.22. The van der Waals surface area contributed by atoms with Gasteiger partial charge >= 0.3 is 0 Å². The molecule has 1 fully saturated rings. The third-order valence-electron chi connectivity index (χ3n) is 9.25. The quantitative estimate of drug-likeness (QED) is 0.176. The summed E-state index contributed by atoms with van der Waals surface area (Å²) in [6.45, 7) is 6.30. The number of methoxy groups -OCH3 is 1. The summed E-state index contributed by atoms with van der Waals surface area (Å²) >= 11 is 0. The Morgan fingerprint density at radius 2 is 1.69 bits per heavy atom. The number of phenolic OH excluding ortho intramolecular Hbond substituents is 1. The van der Waals surface area contributed by atoms with Gasteiger partial charge in [-0.25, -0.2) is 0 Å². The third-order valence-corrected chi connectivity index (χ3v) is 9.25. The van der Waals surface area contributed by atoms with Crippen molar-refractivity contribution in [3.63, 3.8) is 0 Å². The number of carbonyl (C=O) groups excluding carboxylic acids is 1. The van der Waals surface area contributed by atoms with Crippen LogP contribution in [-0.2, 0) is 13.0 Å². The van der Waals surface area contributed by atoms with E-state index in [-0.39, 0.29) is 17.1 Å². The van der Waals surface area contributed by atoms with Crippen molar-refractivity contribution in [1.82, 2.24) is 4.90 Å². The molecule has 1 aliphatic rings. The fraction of sp³-hybridized carbons (Fsp3) is 0.359. The van der Waals surface area contributed by atoms with E-state index in [0.29, 0.717) is 36.9 Å². The Balaban J connectivity index is 1.28. The van der Waals surface area contributed by atoms with Crippen LogP contribution < -0.4 is 14.4 Å². The Labute approximate surface area is 268 Å². The van der Waals surface area contributed by atoms with Gasteiger partial charge in [0.05, 0.1) is 13.7 Å². The molecule has 0 radical (unpaired) electrons. The van der Waals surface area contributed by atoms with Crippen LogP contribution in [-0.4, -0.2) is 50.3 Å². The molecule has 0 spiro atoms. The minimum absolute atomic E-state index is 0.00456. The zero-order valence-corrected chi connectivity index (χ0v) is 27.3. The molecule has 4 aromatic carbocycles. The number of hydrogen-bond acceptors (Lipinski definition) is 5. The lowest BCUT2D eigenvalue weighted by atomic mass is 9.81. The monoisotopic (exact) mass is 606 g/mol. The Morgan fingerprint density at radius 1 is 0.933 bits per heavy atom. The summed E-state index contributed by atoms with van der Waals surface area (Å²) in [5, 5.41) is 9.97. The van der Waals surface area contributed by atoms with Gasteiger partial charge in [-0.1, -0.05) is 56.7 Å². The molecular weight excluding hydrogens is 560 g/mol. The first-order chi connectivity index (χ1) is 21.6. The number of phenols is 1. The first-order valence-corrected chi connectivity index (χ1v) is 15.9. The van der Waals surface area contributed by atoms with Gasteiger partial charge in [0.25, 0.3) is 5.91 Å². The first-order valence-electron chi connectivity index (χ1n) is 15.9. The van der Waals surface area contributed by atoms with E-state index >= 15 is 0 Å². The summed E-state index contributed by atoms with van der Waals surface area (Å²) < 4.78 is 11.7. The molecule has 4 aromatic rings. The van der Waals surface area contributed by atoms with Crippen molar-refractivity contribution in [2.75, 3.05) is 39.3 Å². The molecule has 0 saturated heterocycles. The number of hydrogen-bond donors (Lipinski definition) is 1. The smallest absolute Gasteiger partial charge is 0.254 e. The average molecular weight is 607 g/mol. The van der Waals surface area contributed by atoms with Crippen LogP contribution in [0.3, 0.4) is 0 Å². The van der Waals surface area contributed by atoms with Crippen molar-refractivity contribution < 1.29 is 19.4 Å². The summed E-state index contributed by atoms with van der Waals surface area (Å²) in [7, 11) is 5.67. The maximum Gasteiger partial charge on any atom is 0.254 e. The van der Waals surface area contributed by atoms with Gasteiger partial charge in [-0.2, -0.15) is 0 Å². The number of aromatic hydroxyl groups is 1. The Bertz CT molecular complexity index is 1580. The van der Waals surface area contributed by atoms with E-state index in [1.807, 2.05) is 61.5 Å². The summed E-state index contributed by atoms with van der Waals surface area (Å²) in [5.74, 6) is 1.97. The normalized spacial score (nSPS) is 15.4. The molecule has 6 nitrogen and oxygen atoms in total. The lowest BCUT2D eigenvalue weighted by Gasteiger charge is -2.33. The van der Waals surface area contributed by atoms with E-state index in [2.05, 4.69) is 55.1 Å². The van der Waals surface area contributed by atoms with Gasteiger partial charge < -0.3 is 24.4 Å². The number of rotatable bonds is 12. The van der Waals surface area contributed by atoms with Crippen LogP contribution in [0.1, 0.15) is 54.6 Å². The van der Waals surface area contributed by atoms with Gasteiger partial charge in [-0.05, 0) is 89.4 Å². The highest BCUT2D eigenvalue weighted by atomic mass is 16.5. The zero-order chi connectivity index (χ0) is 32.0. The molecule has 0 bridgehead atoms. The van der Waals surface area contributed by atoms with Gasteiger partial charge in [0.2, 0.25) is 0 Å². The van der Waals surface area contributed by atoms with Gasteiger partial charge in [0.1, 0.15) is 17.2 Å². The molecule has 1 amide bonds. The highest BCUT2D eigenvalue weighted by Crippen LogP contribution is 2.43. The lowest BCUT2D eigenvalue weighted by molar-refractivity contribution is 0.0669. The van der Waals surface area contributed by atoms with Crippen molar-refractivity contribution in [1.29, 1.82) is 0 Å². The summed E-state index contributed by atoms with van der Waals surface area (Å²) in [5.41, 5.74) is 6.21. The Morgan fingerprint density at radius 3 is 2.36 bits per heavy atom. The molecule has 1 aliphatic carbocycles. The van der Waals surface area contributed by atoms with Crippen molar-refractivity contribution in [3.05, 3.63) is 108 Å².